The van der Waals surface area contributed by atoms with Crippen molar-refractivity contribution in [1.29, 1.82) is 0 Å². The molecule has 0 aliphatic heterocycles. The molecule has 2 aromatic carbocycles. The van der Waals surface area contributed by atoms with Gasteiger partial charge in [-0.3, -0.25) is 0 Å². The van der Waals surface area contributed by atoms with E-state index < -0.39 is 0 Å². The van der Waals surface area contributed by atoms with E-state index in [9.17, 15) is 4.39 Å². The van der Waals surface area contributed by atoms with Gasteiger partial charge in [0.15, 0.2) is 0 Å². The van der Waals surface area contributed by atoms with Crippen molar-refractivity contribution in [2.45, 2.75) is 13.0 Å². The molecule has 1 N–H and O–H groups in total. The first kappa shape index (κ1) is 13.3. The maximum absolute atomic E-state index is 13.1. The molecule has 0 saturated heterocycles. The molecule has 0 amide bonds. The minimum Gasteiger partial charge on any atom is -0.306 e. The van der Waals surface area contributed by atoms with Crippen LogP contribution in [0.25, 0.3) is 10.1 Å². The molecule has 0 aliphatic carbocycles. The van der Waals surface area contributed by atoms with Gasteiger partial charge in [0.25, 0.3) is 0 Å². The first-order valence-electron chi connectivity index (χ1n) is 6.74. The third kappa shape index (κ3) is 2.47. The highest BCUT2D eigenvalue weighted by Crippen LogP contribution is 2.33. The van der Waals surface area contributed by atoms with Crippen LogP contribution in [-0.2, 0) is 0 Å². The third-order valence-corrected chi connectivity index (χ3v) is 4.42. The van der Waals surface area contributed by atoms with Crippen LogP contribution in [0.5, 0.6) is 0 Å². The number of benzene rings is 2. The first-order chi connectivity index (χ1) is 9.79. The van der Waals surface area contributed by atoms with Crippen LogP contribution >= 0.6 is 11.3 Å². The molecule has 3 heteroatoms. The second-order valence-electron chi connectivity index (χ2n) is 4.73. The molecular formula is C17H16FNS. The summed E-state index contributed by atoms with van der Waals surface area (Å²) < 4.78 is 14.4. The van der Waals surface area contributed by atoms with Crippen molar-refractivity contribution < 1.29 is 4.39 Å². The maximum Gasteiger partial charge on any atom is 0.123 e. The monoisotopic (exact) mass is 285 g/mol. The number of fused-ring (bicyclic) bond motifs is 1. The van der Waals surface area contributed by atoms with Gasteiger partial charge in [0.05, 0.1) is 6.04 Å². The highest BCUT2D eigenvalue weighted by Gasteiger charge is 2.16. The Morgan fingerprint density at radius 2 is 1.85 bits per heavy atom. The molecule has 0 spiro atoms. The summed E-state index contributed by atoms with van der Waals surface area (Å²) in [5.41, 5.74) is 2.36. The molecule has 0 aliphatic rings. The number of nitrogens with one attached hydrogen (secondary N) is 1. The fraction of sp³-hybridized carbons (Fsp3) is 0.176. The van der Waals surface area contributed by atoms with Crippen molar-refractivity contribution in [3.05, 3.63) is 70.9 Å². The fourth-order valence-electron chi connectivity index (χ4n) is 2.49. The Morgan fingerprint density at radius 3 is 2.60 bits per heavy atom. The summed E-state index contributed by atoms with van der Waals surface area (Å²) in [5.74, 6) is -0.195. The van der Waals surface area contributed by atoms with Gasteiger partial charge in [0.2, 0.25) is 0 Å². The molecular weight excluding hydrogens is 269 g/mol. The van der Waals surface area contributed by atoms with Gasteiger partial charge < -0.3 is 5.32 Å². The van der Waals surface area contributed by atoms with E-state index in [4.69, 9.17) is 0 Å². The Morgan fingerprint density at radius 1 is 1.10 bits per heavy atom. The van der Waals surface area contributed by atoms with Crippen molar-refractivity contribution >= 4 is 21.4 Å². The van der Waals surface area contributed by atoms with Gasteiger partial charge in [-0.2, -0.15) is 0 Å². The Balaban J connectivity index is 2.08. The summed E-state index contributed by atoms with van der Waals surface area (Å²) in [5, 5.41) is 6.96. The SMILES string of the molecule is CCNC(c1ccc(F)cc1)c1csc2ccccc12. The lowest BCUT2D eigenvalue weighted by molar-refractivity contribution is 0.615. The van der Waals surface area contributed by atoms with Crippen LogP contribution in [0.3, 0.4) is 0 Å². The lowest BCUT2D eigenvalue weighted by Gasteiger charge is -2.18. The van der Waals surface area contributed by atoms with E-state index in [0.717, 1.165) is 12.1 Å². The fourth-order valence-corrected chi connectivity index (χ4v) is 3.48. The molecule has 0 radical (unpaired) electrons. The van der Waals surface area contributed by atoms with E-state index in [1.54, 1.807) is 11.3 Å². The molecule has 0 bridgehead atoms. The summed E-state index contributed by atoms with van der Waals surface area (Å²) in [4.78, 5) is 0. The maximum atomic E-state index is 13.1. The van der Waals surface area contributed by atoms with Crippen LogP contribution in [0, 0.1) is 5.82 Å². The minimum atomic E-state index is -0.195. The van der Waals surface area contributed by atoms with Gasteiger partial charge >= 0.3 is 0 Å². The van der Waals surface area contributed by atoms with E-state index >= 15 is 0 Å². The molecule has 0 fully saturated rings. The van der Waals surface area contributed by atoms with Crippen molar-refractivity contribution in [3.8, 4) is 0 Å². The van der Waals surface area contributed by atoms with E-state index in [1.165, 1.54) is 27.8 Å². The summed E-state index contributed by atoms with van der Waals surface area (Å²) in [7, 11) is 0. The van der Waals surface area contributed by atoms with Crippen LogP contribution < -0.4 is 5.32 Å². The molecule has 3 rings (SSSR count). The van der Waals surface area contributed by atoms with Crippen LogP contribution in [0.15, 0.2) is 53.9 Å². The smallest absolute Gasteiger partial charge is 0.123 e. The molecule has 1 nitrogen and oxygen atoms in total. The van der Waals surface area contributed by atoms with Crippen molar-refractivity contribution in [3.63, 3.8) is 0 Å². The lowest BCUT2D eigenvalue weighted by atomic mass is 9.98. The van der Waals surface area contributed by atoms with Crippen molar-refractivity contribution in [1.82, 2.24) is 5.32 Å². The molecule has 1 aromatic heterocycles. The molecule has 20 heavy (non-hydrogen) atoms. The lowest BCUT2D eigenvalue weighted by Crippen LogP contribution is -2.21. The summed E-state index contributed by atoms with van der Waals surface area (Å²) in [6.07, 6.45) is 0. The second kappa shape index (κ2) is 5.73. The van der Waals surface area contributed by atoms with Gasteiger partial charge in [-0.1, -0.05) is 37.3 Å². The van der Waals surface area contributed by atoms with Gasteiger partial charge in [0.1, 0.15) is 5.82 Å². The Kier molecular flexibility index (Phi) is 3.81. The quantitative estimate of drug-likeness (QED) is 0.730. The Bertz CT molecular complexity index is 702. The Hall–Kier alpha value is -1.71. The first-order valence-corrected chi connectivity index (χ1v) is 7.62. The number of rotatable bonds is 4. The van der Waals surface area contributed by atoms with E-state index in [1.807, 2.05) is 12.1 Å². The van der Waals surface area contributed by atoms with Crippen molar-refractivity contribution in [2.24, 2.45) is 0 Å². The van der Waals surface area contributed by atoms with E-state index in [-0.39, 0.29) is 11.9 Å². The average molecular weight is 285 g/mol. The summed E-state index contributed by atoms with van der Waals surface area (Å²) >= 11 is 1.75. The summed E-state index contributed by atoms with van der Waals surface area (Å²) in [6, 6.07) is 15.3. The number of hydrogen-bond acceptors (Lipinski definition) is 2. The predicted octanol–water partition coefficient (Wildman–Crippen LogP) is 4.74. The Labute approximate surface area is 122 Å². The third-order valence-electron chi connectivity index (χ3n) is 3.43. The number of halogens is 1. The molecule has 1 heterocycles. The predicted molar refractivity (Wildman–Crippen MR) is 83.7 cm³/mol. The van der Waals surface area contributed by atoms with Crippen LogP contribution in [0.4, 0.5) is 4.39 Å². The second-order valence-corrected chi connectivity index (χ2v) is 5.64. The van der Waals surface area contributed by atoms with Gasteiger partial charge in [-0.05, 0) is 46.6 Å². The van der Waals surface area contributed by atoms with Crippen LogP contribution in [0.1, 0.15) is 24.1 Å². The van der Waals surface area contributed by atoms with Gasteiger partial charge in [0, 0.05) is 4.70 Å². The largest absolute Gasteiger partial charge is 0.306 e. The zero-order chi connectivity index (χ0) is 13.9. The molecule has 0 saturated carbocycles. The highest BCUT2D eigenvalue weighted by molar-refractivity contribution is 7.17. The molecule has 102 valence electrons. The topological polar surface area (TPSA) is 12.0 Å². The molecule has 1 atom stereocenters. The molecule has 1 unspecified atom stereocenters. The number of hydrogen-bond donors (Lipinski definition) is 1. The summed E-state index contributed by atoms with van der Waals surface area (Å²) in [6.45, 7) is 2.96. The zero-order valence-corrected chi connectivity index (χ0v) is 12.1. The normalized spacial score (nSPS) is 12.7. The standard InChI is InChI=1S/C17H16FNS/c1-2-19-17(12-7-9-13(18)10-8-12)15-11-20-16-6-4-3-5-14(15)16/h3-11,17,19H,2H2,1H3. The van der Waals surface area contributed by atoms with E-state index in [2.05, 4.69) is 41.9 Å². The van der Waals surface area contributed by atoms with Crippen molar-refractivity contribution in [2.75, 3.05) is 6.54 Å². The molecule has 3 aromatic rings. The average Bonchev–Trinajstić information content (AvgIpc) is 2.90. The highest BCUT2D eigenvalue weighted by atomic mass is 32.1. The van der Waals surface area contributed by atoms with Gasteiger partial charge in [-0.25, -0.2) is 4.39 Å². The zero-order valence-electron chi connectivity index (χ0n) is 11.3. The minimum absolute atomic E-state index is 0.108. The van der Waals surface area contributed by atoms with Crippen LogP contribution in [0.2, 0.25) is 0 Å². The van der Waals surface area contributed by atoms with E-state index in [0.29, 0.717) is 0 Å². The van der Waals surface area contributed by atoms with Crippen LogP contribution in [-0.4, -0.2) is 6.54 Å². The number of thiophene rings is 1. The van der Waals surface area contributed by atoms with Gasteiger partial charge in [-0.15, -0.1) is 11.3 Å².